The summed E-state index contributed by atoms with van der Waals surface area (Å²) in [5.41, 5.74) is 0.991. The summed E-state index contributed by atoms with van der Waals surface area (Å²) in [5.74, 6) is -0.279. The van der Waals surface area contributed by atoms with Crippen LogP contribution in [0.4, 0.5) is 4.39 Å². The van der Waals surface area contributed by atoms with Crippen molar-refractivity contribution in [3.63, 3.8) is 0 Å². The van der Waals surface area contributed by atoms with Crippen molar-refractivity contribution in [3.05, 3.63) is 29.8 Å². The molecule has 1 nitrogen and oxygen atoms in total. The molecule has 0 N–H and O–H groups in total. The molecule has 14 heavy (non-hydrogen) atoms. The van der Waals surface area contributed by atoms with Gasteiger partial charge < -0.3 is 0 Å². The van der Waals surface area contributed by atoms with Crippen molar-refractivity contribution >= 4 is 0 Å². The number of aromatic nitrogens is 1. The Kier molecular flexibility index (Phi) is 2.66. The van der Waals surface area contributed by atoms with E-state index in [9.17, 15) is 4.39 Å². The van der Waals surface area contributed by atoms with E-state index in [-0.39, 0.29) is 16.6 Å². The smallest absolute Gasteiger partial charge is 0.141 e. The largest absolute Gasteiger partial charge is 0.258 e. The fraction of sp³-hybridized carbons (Fsp3) is 0.583. The lowest BCUT2D eigenvalue weighted by Crippen LogP contribution is -2.34. The number of hydrogen-bond acceptors (Lipinski definition) is 1. The third-order valence-corrected chi connectivity index (χ3v) is 3.24. The third kappa shape index (κ3) is 1.94. The molecule has 0 aliphatic rings. The Labute approximate surface area is 85.4 Å². The monoisotopic (exact) mass is 195 g/mol. The zero-order valence-electron chi connectivity index (χ0n) is 9.56. The zero-order valence-corrected chi connectivity index (χ0v) is 9.56. The van der Waals surface area contributed by atoms with Gasteiger partial charge in [-0.2, -0.15) is 0 Å². The lowest BCUT2D eigenvalue weighted by molar-refractivity contribution is 0.219. The number of pyridine rings is 1. The Morgan fingerprint density at radius 1 is 1.07 bits per heavy atom. The Morgan fingerprint density at radius 2 is 1.64 bits per heavy atom. The second kappa shape index (κ2) is 3.34. The van der Waals surface area contributed by atoms with Crippen LogP contribution in [0.25, 0.3) is 0 Å². The average Bonchev–Trinajstić information content (AvgIpc) is 2.03. The minimum Gasteiger partial charge on any atom is -0.258 e. The van der Waals surface area contributed by atoms with Crippen molar-refractivity contribution in [3.8, 4) is 0 Å². The van der Waals surface area contributed by atoms with Crippen molar-refractivity contribution in [1.82, 2.24) is 4.98 Å². The van der Waals surface area contributed by atoms with Crippen LogP contribution in [0.1, 0.15) is 40.3 Å². The van der Waals surface area contributed by atoms with E-state index in [0.29, 0.717) is 0 Å². The maximum absolute atomic E-state index is 12.7. The van der Waals surface area contributed by atoms with Gasteiger partial charge in [0, 0.05) is 11.1 Å². The van der Waals surface area contributed by atoms with Gasteiger partial charge in [-0.25, -0.2) is 4.39 Å². The van der Waals surface area contributed by atoms with E-state index in [1.165, 1.54) is 12.3 Å². The van der Waals surface area contributed by atoms with Gasteiger partial charge in [-0.3, -0.25) is 4.98 Å². The molecule has 2 heteroatoms. The molecule has 0 saturated carbocycles. The molecule has 78 valence electrons. The van der Waals surface area contributed by atoms with Crippen LogP contribution in [0.3, 0.4) is 0 Å². The van der Waals surface area contributed by atoms with Crippen LogP contribution in [-0.4, -0.2) is 4.98 Å². The zero-order chi connectivity index (χ0) is 11.0. The minimum absolute atomic E-state index is 0.0549. The van der Waals surface area contributed by atoms with Crippen LogP contribution >= 0.6 is 0 Å². The summed E-state index contributed by atoms with van der Waals surface area (Å²) in [7, 11) is 0. The predicted octanol–water partition coefficient (Wildman–Crippen LogP) is 3.54. The number of nitrogens with zero attached hydrogens (tertiary/aromatic N) is 1. The SMILES string of the molecule is CC(C)(C)C(C)(C)c1ccc(F)cn1. The lowest BCUT2D eigenvalue weighted by Gasteiger charge is -2.38. The molecule has 0 aliphatic heterocycles. The van der Waals surface area contributed by atoms with Gasteiger partial charge in [0.1, 0.15) is 5.82 Å². The molecular formula is C12H18FN. The van der Waals surface area contributed by atoms with E-state index in [1.807, 2.05) is 0 Å². The van der Waals surface area contributed by atoms with Crippen molar-refractivity contribution in [2.75, 3.05) is 0 Å². The third-order valence-electron chi connectivity index (χ3n) is 3.24. The number of rotatable bonds is 1. The summed E-state index contributed by atoms with van der Waals surface area (Å²) >= 11 is 0. The van der Waals surface area contributed by atoms with E-state index >= 15 is 0 Å². The summed E-state index contributed by atoms with van der Waals surface area (Å²) in [6, 6.07) is 3.23. The van der Waals surface area contributed by atoms with Crippen LogP contribution in [0.5, 0.6) is 0 Å². The second-order valence-electron chi connectivity index (χ2n) is 5.24. The summed E-state index contributed by atoms with van der Waals surface area (Å²) in [5, 5.41) is 0. The lowest BCUT2D eigenvalue weighted by atomic mass is 9.67. The maximum atomic E-state index is 12.7. The summed E-state index contributed by atoms with van der Waals surface area (Å²) < 4.78 is 12.7. The highest BCUT2D eigenvalue weighted by Gasteiger charge is 2.35. The first-order valence-corrected chi connectivity index (χ1v) is 4.87. The van der Waals surface area contributed by atoms with Gasteiger partial charge in [-0.15, -0.1) is 0 Å². The average molecular weight is 195 g/mol. The van der Waals surface area contributed by atoms with Crippen molar-refractivity contribution in [2.24, 2.45) is 5.41 Å². The van der Waals surface area contributed by atoms with Gasteiger partial charge in [0.05, 0.1) is 6.20 Å². The molecule has 0 bridgehead atoms. The van der Waals surface area contributed by atoms with Crippen LogP contribution in [0.2, 0.25) is 0 Å². The molecule has 0 radical (unpaired) electrons. The van der Waals surface area contributed by atoms with E-state index in [4.69, 9.17) is 0 Å². The Morgan fingerprint density at radius 3 is 2.00 bits per heavy atom. The van der Waals surface area contributed by atoms with Crippen molar-refractivity contribution in [2.45, 2.75) is 40.0 Å². The standard InChI is InChI=1S/C12H18FN/c1-11(2,3)12(4,5)10-7-6-9(13)8-14-10/h6-8H,1-5H3. The molecule has 1 heterocycles. The summed E-state index contributed by atoms with van der Waals surface area (Å²) in [4.78, 5) is 4.14. The van der Waals surface area contributed by atoms with Crippen molar-refractivity contribution < 1.29 is 4.39 Å². The Hall–Kier alpha value is -0.920. The normalized spacial score (nSPS) is 13.0. The molecule has 1 aromatic rings. The molecule has 0 fully saturated rings. The highest BCUT2D eigenvalue weighted by atomic mass is 19.1. The molecule has 0 saturated heterocycles. The fourth-order valence-electron chi connectivity index (χ4n) is 1.13. The second-order valence-corrected chi connectivity index (χ2v) is 5.24. The molecule has 0 amide bonds. The Balaban J connectivity index is 3.10. The van der Waals surface area contributed by atoms with Gasteiger partial charge in [0.15, 0.2) is 0 Å². The van der Waals surface area contributed by atoms with Crippen molar-refractivity contribution in [1.29, 1.82) is 0 Å². The molecule has 0 aliphatic carbocycles. The van der Waals surface area contributed by atoms with Crippen LogP contribution < -0.4 is 0 Å². The molecule has 0 aromatic carbocycles. The molecule has 1 rings (SSSR count). The minimum atomic E-state index is -0.279. The maximum Gasteiger partial charge on any atom is 0.141 e. The fourth-order valence-corrected chi connectivity index (χ4v) is 1.13. The van der Waals surface area contributed by atoms with Gasteiger partial charge in [0.2, 0.25) is 0 Å². The van der Waals surface area contributed by atoms with Crippen LogP contribution in [0.15, 0.2) is 18.3 Å². The van der Waals surface area contributed by atoms with Crippen LogP contribution in [0, 0.1) is 11.2 Å². The summed E-state index contributed by atoms with van der Waals surface area (Å²) in [6.45, 7) is 10.8. The topological polar surface area (TPSA) is 12.9 Å². The molecule has 0 atom stereocenters. The summed E-state index contributed by atoms with van der Waals surface area (Å²) in [6.07, 6.45) is 1.28. The first-order chi connectivity index (χ1) is 6.25. The first-order valence-electron chi connectivity index (χ1n) is 4.87. The molecular weight excluding hydrogens is 177 g/mol. The number of halogens is 1. The molecule has 0 spiro atoms. The van der Waals surface area contributed by atoms with E-state index in [0.717, 1.165) is 5.69 Å². The van der Waals surface area contributed by atoms with E-state index in [2.05, 4.69) is 39.6 Å². The van der Waals surface area contributed by atoms with Gasteiger partial charge in [0.25, 0.3) is 0 Å². The molecule has 1 aromatic heterocycles. The highest BCUT2D eigenvalue weighted by Crippen LogP contribution is 2.39. The number of hydrogen-bond donors (Lipinski definition) is 0. The Bertz CT molecular complexity index is 306. The van der Waals surface area contributed by atoms with Gasteiger partial charge in [-0.1, -0.05) is 34.6 Å². The van der Waals surface area contributed by atoms with Gasteiger partial charge >= 0.3 is 0 Å². The van der Waals surface area contributed by atoms with E-state index < -0.39 is 0 Å². The quantitative estimate of drug-likeness (QED) is 0.668. The van der Waals surface area contributed by atoms with Gasteiger partial charge in [-0.05, 0) is 17.5 Å². The first kappa shape index (κ1) is 11.2. The van der Waals surface area contributed by atoms with Crippen LogP contribution in [-0.2, 0) is 5.41 Å². The van der Waals surface area contributed by atoms with E-state index in [1.54, 1.807) is 6.07 Å². The predicted molar refractivity (Wildman–Crippen MR) is 56.7 cm³/mol. The molecule has 0 unspecified atom stereocenters. The highest BCUT2D eigenvalue weighted by molar-refractivity contribution is 5.18.